The number of hydrogen-bond acceptors (Lipinski definition) is 5. The van der Waals surface area contributed by atoms with Gasteiger partial charge in [-0.25, -0.2) is 13.1 Å². The molecule has 3 fully saturated rings. The Morgan fingerprint density at radius 3 is 2.40 bits per heavy atom. The fourth-order valence-electron chi connectivity index (χ4n) is 3.80. The van der Waals surface area contributed by atoms with Crippen LogP contribution in [0.2, 0.25) is 0 Å². The van der Waals surface area contributed by atoms with Gasteiger partial charge in [0.15, 0.2) is 0 Å². The van der Waals surface area contributed by atoms with Gasteiger partial charge in [0.25, 0.3) is 0 Å². The molecule has 2 saturated carbocycles. The van der Waals surface area contributed by atoms with Gasteiger partial charge in [0.1, 0.15) is 0 Å². The van der Waals surface area contributed by atoms with Gasteiger partial charge >= 0.3 is 5.97 Å². The summed E-state index contributed by atoms with van der Waals surface area (Å²) in [6.45, 7) is 2.37. The standard InChI is InChI=1S/C17H30N2O5S/c20-17(21)12-19(11-14-1-2-14)16-9-15(10-16)18-25(22,23)8-5-13-3-6-24-7-4-13/h13-16,18H,1-12H2,(H,20,21). The van der Waals surface area contributed by atoms with Crippen LogP contribution in [0.25, 0.3) is 0 Å². The van der Waals surface area contributed by atoms with Gasteiger partial charge in [0.05, 0.1) is 12.3 Å². The van der Waals surface area contributed by atoms with Crippen molar-refractivity contribution in [2.24, 2.45) is 11.8 Å². The summed E-state index contributed by atoms with van der Waals surface area (Å²) in [7, 11) is -3.25. The number of carboxylic acids is 1. The van der Waals surface area contributed by atoms with E-state index in [4.69, 9.17) is 9.84 Å². The van der Waals surface area contributed by atoms with E-state index in [0.29, 0.717) is 18.3 Å². The molecule has 0 aromatic rings. The van der Waals surface area contributed by atoms with Gasteiger partial charge in [-0.05, 0) is 56.8 Å². The summed E-state index contributed by atoms with van der Waals surface area (Å²) in [5, 5.41) is 9.07. The topological polar surface area (TPSA) is 95.9 Å². The second-order valence-corrected chi connectivity index (χ2v) is 9.74. The summed E-state index contributed by atoms with van der Waals surface area (Å²) in [5.41, 5.74) is 0. The molecule has 8 heteroatoms. The van der Waals surface area contributed by atoms with E-state index in [1.165, 1.54) is 12.8 Å². The van der Waals surface area contributed by atoms with Crippen molar-refractivity contribution < 1.29 is 23.1 Å². The Morgan fingerprint density at radius 2 is 1.80 bits per heavy atom. The molecule has 25 heavy (non-hydrogen) atoms. The fraction of sp³-hybridized carbons (Fsp3) is 0.941. The predicted octanol–water partition coefficient (Wildman–Crippen LogP) is 1.05. The summed E-state index contributed by atoms with van der Waals surface area (Å²) in [6, 6.07) is 0.153. The Hall–Kier alpha value is -0.700. The maximum atomic E-state index is 12.3. The van der Waals surface area contributed by atoms with Crippen LogP contribution in [0.3, 0.4) is 0 Å². The fourth-order valence-corrected chi connectivity index (χ4v) is 5.26. The molecule has 0 bridgehead atoms. The SMILES string of the molecule is O=C(O)CN(CC1CC1)C1CC(NS(=O)(=O)CCC2CCOCC2)C1. The lowest BCUT2D eigenvalue weighted by Gasteiger charge is -2.42. The average Bonchev–Trinajstić information content (AvgIpc) is 3.33. The van der Waals surface area contributed by atoms with E-state index in [0.717, 1.165) is 45.4 Å². The van der Waals surface area contributed by atoms with Gasteiger partial charge in [-0.3, -0.25) is 9.69 Å². The molecule has 1 aliphatic heterocycles. The molecule has 3 aliphatic rings. The van der Waals surface area contributed by atoms with Crippen molar-refractivity contribution in [3.63, 3.8) is 0 Å². The number of aliphatic carboxylic acids is 1. The van der Waals surface area contributed by atoms with Gasteiger partial charge in [0, 0.05) is 31.8 Å². The Balaban J connectivity index is 1.39. The molecule has 0 aromatic carbocycles. The van der Waals surface area contributed by atoms with Crippen LogP contribution >= 0.6 is 0 Å². The highest BCUT2D eigenvalue weighted by Crippen LogP contribution is 2.34. The van der Waals surface area contributed by atoms with Crippen molar-refractivity contribution >= 4 is 16.0 Å². The zero-order chi connectivity index (χ0) is 17.9. The lowest BCUT2D eigenvalue weighted by molar-refractivity contribution is -0.139. The third kappa shape index (κ3) is 6.20. The molecule has 1 heterocycles. The zero-order valence-electron chi connectivity index (χ0n) is 14.7. The Kier molecular flexibility index (Phi) is 6.35. The maximum Gasteiger partial charge on any atom is 0.317 e. The zero-order valence-corrected chi connectivity index (χ0v) is 15.5. The van der Waals surface area contributed by atoms with Gasteiger partial charge in [0.2, 0.25) is 10.0 Å². The highest BCUT2D eigenvalue weighted by atomic mass is 32.2. The monoisotopic (exact) mass is 374 g/mol. The van der Waals surface area contributed by atoms with E-state index < -0.39 is 16.0 Å². The lowest BCUT2D eigenvalue weighted by atomic mass is 9.86. The minimum atomic E-state index is -3.25. The lowest BCUT2D eigenvalue weighted by Crippen LogP contribution is -2.55. The second-order valence-electron chi connectivity index (χ2n) is 7.87. The normalized spacial score (nSPS) is 28.0. The number of carbonyl (C=O) groups is 1. The van der Waals surface area contributed by atoms with Crippen molar-refractivity contribution in [2.45, 2.75) is 57.0 Å². The Morgan fingerprint density at radius 1 is 1.12 bits per heavy atom. The molecule has 0 atom stereocenters. The molecular formula is C17H30N2O5S. The second kappa shape index (κ2) is 8.33. The number of rotatable bonds is 10. The number of nitrogens with zero attached hydrogens (tertiary/aromatic N) is 1. The van der Waals surface area contributed by atoms with Crippen molar-refractivity contribution in [1.29, 1.82) is 0 Å². The first-order valence-electron chi connectivity index (χ1n) is 9.45. The number of ether oxygens (including phenoxy) is 1. The van der Waals surface area contributed by atoms with Crippen molar-refractivity contribution in [2.75, 3.05) is 32.1 Å². The molecule has 0 amide bonds. The summed E-state index contributed by atoms with van der Waals surface area (Å²) in [6.07, 6.45) is 6.41. The summed E-state index contributed by atoms with van der Waals surface area (Å²) in [4.78, 5) is 13.1. The molecule has 0 spiro atoms. The van der Waals surface area contributed by atoms with Crippen LogP contribution in [-0.2, 0) is 19.6 Å². The van der Waals surface area contributed by atoms with E-state index in [1.54, 1.807) is 0 Å². The van der Waals surface area contributed by atoms with Gasteiger partial charge in [-0.15, -0.1) is 0 Å². The number of carboxylic acid groups (broad SMARTS) is 1. The quantitative estimate of drug-likeness (QED) is 0.593. The minimum Gasteiger partial charge on any atom is -0.480 e. The number of nitrogens with one attached hydrogen (secondary N) is 1. The van der Waals surface area contributed by atoms with Crippen molar-refractivity contribution in [1.82, 2.24) is 9.62 Å². The van der Waals surface area contributed by atoms with Crippen molar-refractivity contribution in [3.8, 4) is 0 Å². The number of sulfonamides is 1. The molecule has 2 aliphatic carbocycles. The summed E-state index contributed by atoms with van der Waals surface area (Å²) in [5.74, 6) is 0.458. The molecule has 3 rings (SSSR count). The Bertz CT molecular complexity index is 551. The minimum absolute atomic E-state index is 0.0415. The van der Waals surface area contributed by atoms with Crippen molar-refractivity contribution in [3.05, 3.63) is 0 Å². The largest absolute Gasteiger partial charge is 0.480 e. The van der Waals surface area contributed by atoms with Gasteiger partial charge < -0.3 is 9.84 Å². The molecule has 2 N–H and O–H groups in total. The predicted molar refractivity (Wildman–Crippen MR) is 93.8 cm³/mol. The first kappa shape index (κ1) is 19.1. The molecular weight excluding hydrogens is 344 g/mol. The molecule has 7 nitrogen and oxygen atoms in total. The first-order valence-corrected chi connectivity index (χ1v) is 11.1. The Labute approximate surface area is 150 Å². The van der Waals surface area contributed by atoms with Crippen LogP contribution in [0.15, 0.2) is 0 Å². The highest BCUT2D eigenvalue weighted by molar-refractivity contribution is 7.89. The molecule has 0 unspecified atom stereocenters. The molecule has 0 radical (unpaired) electrons. The highest BCUT2D eigenvalue weighted by Gasteiger charge is 2.38. The van der Waals surface area contributed by atoms with Crippen LogP contribution in [-0.4, -0.2) is 68.5 Å². The van der Waals surface area contributed by atoms with Crippen LogP contribution in [0, 0.1) is 11.8 Å². The summed E-state index contributed by atoms with van der Waals surface area (Å²) >= 11 is 0. The molecule has 1 saturated heterocycles. The van der Waals surface area contributed by atoms with Gasteiger partial charge in [-0.2, -0.15) is 0 Å². The van der Waals surface area contributed by atoms with E-state index in [2.05, 4.69) is 4.72 Å². The average molecular weight is 375 g/mol. The van der Waals surface area contributed by atoms with Crippen LogP contribution < -0.4 is 4.72 Å². The van der Waals surface area contributed by atoms with Crippen LogP contribution in [0.4, 0.5) is 0 Å². The molecule has 144 valence electrons. The van der Waals surface area contributed by atoms with E-state index >= 15 is 0 Å². The van der Waals surface area contributed by atoms with Crippen LogP contribution in [0.5, 0.6) is 0 Å². The molecule has 0 aromatic heterocycles. The van der Waals surface area contributed by atoms with Gasteiger partial charge in [-0.1, -0.05) is 0 Å². The van der Waals surface area contributed by atoms with E-state index in [1.807, 2.05) is 4.90 Å². The van der Waals surface area contributed by atoms with E-state index in [-0.39, 0.29) is 24.4 Å². The van der Waals surface area contributed by atoms with Crippen LogP contribution in [0.1, 0.15) is 44.9 Å². The third-order valence-electron chi connectivity index (χ3n) is 5.64. The smallest absolute Gasteiger partial charge is 0.317 e. The van der Waals surface area contributed by atoms with E-state index in [9.17, 15) is 13.2 Å². The first-order chi connectivity index (χ1) is 11.9. The third-order valence-corrected chi connectivity index (χ3v) is 7.11. The summed E-state index contributed by atoms with van der Waals surface area (Å²) < 4.78 is 32.6. The maximum absolute atomic E-state index is 12.3. The number of hydrogen-bond donors (Lipinski definition) is 2.